The topological polar surface area (TPSA) is 103 Å². The summed E-state index contributed by atoms with van der Waals surface area (Å²) >= 11 is 0. The maximum atomic E-state index is 13.3. The number of nitrogens with one attached hydrogen (secondary N) is 1. The summed E-state index contributed by atoms with van der Waals surface area (Å²) in [6.45, 7) is 4.13. The third kappa shape index (κ3) is 3.35. The van der Waals surface area contributed by atoms with Crippen molar-refractivity contribution in [1.82, 2.24) is 4.98 Å². The van der Waals surface area contributed by atoms with Crippen LogP contribution in [0.3, 0.4) is 0 Å². The summed E-state index contributed by atoms with van der Waals surface area (Å²) in [6.07, 6.45) is 1.75. The van der Waals surface area contributed by atoms with Crippen LogP contribution in [-0.2, 0) is 11.3 Å². The number of carbonyl (C=O) groups is 1. The van der Waals surface area contributed by atoms with Crippen LogP contribution in [0.5, 0.6) is 0 Å². The van der Waals surface area contributed by atoms with Gasteiger partial charge in [-0.15, -0.1) is 0 Å². The number of benzene rings is 2. The fourth-order valence-electron chi connectivity index (χ4n) is 3.72. The molecule has 1 amide bonds. The first kappa shape index (κ1) is 19.2. The molecule has 2 heterocycles. The predicted octanol–water partition coefficient (Wildman–Crippen LogP) is 4.50. The van der Waals surface area contributed by atoms with E-state index in [0.29, 0.717) is 22.4 Å². The first-order chi connectivity index (χ1) is 14.4. The van der Waals surface area contributed by atoms with Gasteiger partial charge in [0.1, 0.15) is 0 Å². The number of aryl methyl sites for hydroxylation is 2. The van der Waals surface area contributed by atoms with Crippen molar-refractivity contribution in [2.45, 2.75) is 20.4 Å². The number of hydrogen-bond acceptors (Lipinski definition) is 4. The van der Waals surface area contributed by atoms with Gasteiger partial charge in [-0.3, -0.25) is 14.9 Å². The summed E-state index contributed by atoms with van der Waals surface area (Å²) in [4.78, 5) is 29.0. The molecular formula is C23H18N4O3. The lowest BCUT2D eigenvalue weighted by molar-refractivity contribution is -0.384. The molecule has 30 heavy (non-hydrogen) atoms. The van der Waals surface area contributed by atoms with Gasteiger partial charge in [0.15, 0.2) is 0 Å². The van der Waals surface area contributed by atoms with Gasteiger partial charge in [-0.1, -0.05) is 12.1 Å². The van der Waals surface area contributed by atoms with Crippen LogP contribution < -0.4 is 4.90 Å². The predicted molar refractivity (Wildman–Crippen MR) is 114 cm³/mol. The molecule has 2 aromatic carbocycles. The Kier molecular flexibility index (Phi) is 4.68. The molecule has 0 bridgehead atoms. The molecule has 0 aliphatic carbocycles. The summed E-state index contributed by atoms with van der Waals surface area (Å²) < 4.78 is 0. The largest absolute Gasteiger partial charge is 0.359 e. The first-order valence-electron chi connectivity index (χ1n) is 9.35. The van der Waals surface area contributed by atoms with Gasteiger partial charge in [0.05, 0.1) is 34.4 Å². The van der Waals surface area contributed by atoms with Crippen LogP contribution in [-0.4, -0.2) is 15.8 Å². The molecule has 0 saturated carbocycles. The van der Waals surface area contributed by atoms with Crippen LogP contribution >= 0.6 is 0 Å². The molecule has 4 rings (SSSR count). The minimum atomic E-state index is -0.467. The van der Waals surface area contributed by atoms with E-state index in [1.165, 1.54) is 12.1 Å². The number of non-ortho nitro benzene ring substituents is 1. The van der Waals surface area contributed by atoms with Crippen molar-refractivity contribution in [3.8, 4) is 6.07 Å². The number of nitro benzene ring substituents is 1. The number of carbonyl (C=O) groups excluding carboxylic acids is 1. The lowest BCUT2D eigenvalue weighted by atomic mass is 10.0. The van der Waals surface area contributed by atoms with Crippen LogP contribution in [0.15, 0.2) is 48.5 Å². The number of H-pyrrole nitrogens is 1. The van der Waals surface area contributed by atoms with E-state index in [1.54, 1.807) is 35.2 Å². The molecular weight excluding hydrogens is 380 g/mol. The summed E-state index contributed by atoms with van der Waals surface area (Å²) in [6, 6.07) is 15.6. The van der Waals surface area contributed by atoms with E-state index >= 15 is 0 Å². The Hall–Kier alpha value is -4.18. The Bertz CT molecular complexity index is 1260. The van der Waals surface area contributed by atoms with Gasteiger partial charge in [-0.2, -0.15) is 5.26 Å². The SMILES string of the molecule is Cc1cc(C)c(/C=C2\C(=O)N(Cc3cccc(C#N)c3)c3ccc([N+](=O)[O-])cc32)[nH]1. The highest BCUT2D eigenvalue weighted by atomic mass is 16.6. The Balaban J connectivity index is 1.82. The molecule has 1 N–H and O–H groups in total. The zero-order valence-corrected chi connectivity index (χ0v) is 16.5. The van der Waals surface area contributed by atoms with Gasteiger partial charge in [0.2, 0.25) is 0 Å². The molecule has 1 aliphatic heterocycles. The van der Waals surface area contributed by atoms with E-state index in [9.17, 15) is 14.9 Å². The number of aromatic amines is 1. The van der Waals surface area contributed by atoms with Crippen molar-refractivity contribution >= 4 is 28.9 Å². The van der Waals surface area contributed by atoms with E-state index < -0.39 is 4.92 Å². The van der Waals surface area contributed by atoms with Crippen LogP contribution in [0.25, 0.3) is 11.6 Å². The average Bonchev–Trinajstić information content (AvgIpc) is 3.18. The monoisotopic (exact) mass is 398 g/mol. The normalized spacial score (nSPS) is 14.1. The quantitative estimate of drug-likeness (QED) is 0.397. The average molecular weight is 398 g/mol. The standard InChI is InChI=1S/C23H18N4O3/c1-14-8-15(2)25-21(14)11-20-19-10-18(27(29)30)6-7-22(19)26(23(20)28)13-17-5-3-4-16(9-17)12-24/h3-11,25H,13H2,1-2H3/b20-11-. The molecule has 148 valence electrons. The molecule has 0 spiro atoms. The van der Waals surface area contributed by atoms with Gasteiger partial charge >= 0.3 is 0 Å². The highest BCUT2D eigenvalue weighted by Gasteiger charge is 2.34. The number of amides is 1. The molecule has 0 fully saturated rings. The smallest absolute Gasteiger partial charge is 0.270 e. The van der Waals surface area contributed by atoms with Gasteiger partial charge in [0.25, 0.3) is 11.6 Å². The zero-order chi connectivity index (χ0) is 21.4. The van der Waals surface area contributed by atoms with Gasteiger partial charge < -0.3 is 9.88 Å². The van der Waals surface area contributed by atoms with Crippen molar-refractivity contribution in [2.75, 3.05) is 4.90 Å². The van der Waals surface area contributed by atoms with Crippen LogP contribution in [0.4, 0.5) is 11.4 Å². The number of aromatic nitrogens is 1. The fraction of sp³-hybridized carbons (Fsp3) is 0.130. The zero-order valence-electron chi connectivity index (χ0n) is 16.5. The second-order valence-electron chi connectivity index (χ2n) is 7.27. The van der Waals surface area contributed by atoms with Crippen LogP contribution in [0.1, 0.15) is 33.6 Å². The van der Waals surface area contributed by atoms with E-state index in [2.05, 4.69) is 11.1 Å². The number of nitriles is 1. The number of hydrogen-bond donors (Lipinski definition) is 1. The number of fused-ring (bicyclic) bond motifs is 1. The van der Waals surface area contributed by atoms with Crippen LogP contribution in [0, 0.1) is 35.3 Å². The molecule has 7 heteroatoms. The van der Waals surface area contributed by atoms with E-state index in [0.717, 1.165) is 22.5 Å². The first-order valence-corrected chi connectivity index (χ1v) is 9.35. The van der Waals surface area contributed by atoms with Crippen molar-refractivity contribution in [2.24, 2.45) is 0 Å². The number of nitrogens with zero attached hydrogens (tertiary/aromatic N) is 3. The molecule has 7 nitrogen and oxygen atoms in total. The molecule has 1 aliphatic rings. The molecule has 0 saturated heterocycles. The summed E-state index contributed by atoms with van der Waals surface area (Å²) in [7, 11) is 0. The lowest BCUT2D eigenvalue weighted by Crippen LogP contribution is -2.25. The fourth-order valence-corrected chi connectivity index (χ4v) is 3.72. The van der Waals surface area contributed by atoms with Gasteiger partial charge in [0, 0.05) is 29.1 Å². The van der Waals surface area contributed by atoms with E-state index in [1.807, 2.05) is 26.0 Å². The third-order valence-electron chi connectivity index (χ3n) is 5.12. The minimum absolute atomic E-state index is 0.0693. The second kappa shape index (κ2) is 7.33. The van der Waals surface area contributed by atoms with Crippen LogP contribution in [0.2, 0.25) is 0 Å². The number of nitro groups is 1. The van der Waals surface area contributed by atoms with Gasteiger partial charge in [-0.05, 0) is 55.3 Å². The maximum Gasteiger partial charge on any atom is 0.270 e. The Morgan fingerprint density at radius 3 is 2.67 bits per heavy atom. The molecule has 0 radical (unpaired) electrons. The Morgan fingerprint density at radius 1 is 1.20 bits per heavy atom. The van der Waals surface area contributed by atoms with Crippen molar-refractivity contribution in [3.63, 3.8) is 0 Å². The summed E-state index contributed by atoms with van der Waals surface area (Å²) in [5.41, 5.74) is 5.53. The maximum absolute atomic E-state index is 13.3. The highest BCUT2D eigenvalue weighted by molar-refractivity contribution is 6.35. The van der Waals surface area contributed by atoms with Crippen molar-refractivity contribution < 1.29 is 9.72 Å². The molecule has 0 unspecified atom stereocenters. The third-order valence-corrected chi connectivity index (χ3v) is 5.12. The molecule has 0 atom stereocenters. The highest BCUT2D eigenvalue weighted by Crippen LogP contribution is 2.40. The van der Waals surface area contributed by atoms with Crippen molar-refractivity contribution in [3.05, 3.63) is 92.3 Å². The van der Waals surface area contributed by atoms with E-state index in [-0.39, 0.29) is 18.1 Å². The van der Waals surface area contributed by atoms with E-state index in [4.69, 9.17) is 5.26 Å². The second-order valence-corrected chi connectivity index (χ2v) is 7.27. The van der Waals surface area contributed by atoms with Gasteiger partial charge in [-0.25, -0.2) is 0 Å². The summed E-state index contributed by atoms with van der Waals surface area (Å²) in [5.74, 6) is -0.237. The summed E-state index contributed by atoms with van der Waals surface area (Å²) in [5, 5.41) is 20.4. The lowest BCUT2D eigenvalue weighted by Gasteiger charge is -2.17. The minimum Gasteiger partial charge on any atom is -0.359 e. The number of rotatable bonds is 4. The van der Waals surface area contributed by atoms with Crippen molar-refractivity contribution in [1.29, 1.82) is 5.26 Å². The number of anilines is 1. The Morgan fingerprint density at radius 2 is 2.00 bits per heavy atom. The Labute approximate surface area is 173 Å². The molecule has 3 aromatic rings. The molecule has 1 aromatic heterocycles.